The van der Waals surface area contributed by atoms with Crippen LogP contribution < -0.4 is 18.9 Å². The summed E-state index contributed by atoms with van der Waals surface area (Å²) in [6, 6.07) is 12.4. The van der Waals surface area contributed by atoms with Gasteiger partial charge in [-0.25, -0.2) is 0 Å². The zero-order valence-corrected chi connectivity index (χ0v) is 16.8. The summed E-state index contributed by atoms with van der Waals surface area (Å²) in [4.78, 5) is 25.9. The third-order valence-electron chi connectivity index (χ3n) is 4.85. The Morgan fingerprint density at radius 1 is 1.17 bits per heavy atom. The van der Waals surface area contributed by atoms with Crippen molar-refractivity contribution in [1.29, 1.82) is 0 Å². The molecule has 30 heavy (non-hydrogen) atoms. The van der Waals surface area contributed by atoms with E-state index < -0.39 is 0 Å². The molecule has 2 aromatic carbocycles. The summed E-state index contributed by atoms with van der Waals surface area (Å²) in [5, 5.41) is 1.91. The van der Waals surface area contributed by atoms with Gasteiger partial charge in [-0.1, -0.05) is 12.1 Å². The van der Waals surface area contributed by atoms with E-state index in [9.17, 15) is 9.59 Å². The van der Waals surface area contributed by atoms with Gasteiger partial charge < -0.3 is 18.9 Å². The molecule has 150 valence electrons. The molecule has 0 radical (unpaired) electrons. The van der Waals surface area contributed by atoms with Crippen LogP contribution in [-0.4, -0.2) is 18.5 Å². The number of ether oxygens (including phenoxy) is 4. The average molecular weight is 420 g/mol. The smallest absolute Gasteiger partial charge is 0.316 e. The van der Waals surface area contributed by atoms with Crippen LogP contribution in [0.1, 0.15) is 26.4 Å². The van der Waals surface area contributed by atoms with Gasteiger partial charge in [0.25, 0.3) is 0 Å². The zero-order chi connectivity index (χ0) is 20.7. The monoisotopic (exact) mass is 420 g/mol. The minimum Gasteiger partial charge on any atom is -0.454 e. The van der Waals surface area contributed by atoms with Gasteiger partial charge in [0.2, 0.25) is 12.6 Å². The van der Waals surface area contributed by atoms with Gasteiger partial charge in [0.1, 0.15) is 11.5 Å². The van der Waals surface area contributed by atoms with Gasteiger partial charge in [0.15, 0.2) is 17.3 Å². The fraction of sp³-hybridized carbons (Fsp3) is 0.130. The van der Waals surface area contributed by atoms with Crippen LogP contribution >= 0.6 is 11.3 Å². The van der Waals surface area contributed by atoms with E-state index in [4.69, 9.17) is 18.9 Å². The van der Waals surface area contributed by atoms with Crippen molar-refractivity contribution < 1.29 is 28.5 Å². The molecule has 0 fully saturated rings. The largest absolute Gasteiger partial charge is 0.454 e. The Morgan fingerprint density at radius 2 is 2.03 bits per heavy atom. The molecular formula is C23H16O6S. The van der Waals surface area contributed by atoms with Gasteiger partial charge in [-0.05, 0) is 54.3 Å². The normalized spacial score (nSPS) is 15.2. The van der Waals surface area contributed by atoms with Crippen LogP contribution in [0.15, 0.2) is 53.6 Å². The van der Waals surface area contributed by atoms with Gasteiger partial charge in [-0.2, -0.15) is 0 Å². The highest BCUT2D eigenvalue weighted by atomic mass is 32.1. The summed E-state index contributed by atoms with van der Waals surface area (Å²) >= 11 is 1.50. The van der Waals surface area contributed by atoms with Gasteiger partial charge >= 0.3 is 5.97 Å². The first-order chi connectivity index (χ1) is 14.6. The maximum Gasteiger partial charge on any atom is 0.316 e. The molecule has 1 aromatic heterocycles. The van der Waals surface area contributed by atoms with Crippen LogP contribution in [0.5, 0.6) is 23.0 Å². The van der Waals surface area contributed by atoms with E-state index in [1.807, 2.05) is 23.6 Å². The lowest BCUT2D eigenvalue weighted by Crippen LogP contribution is -2.11. The average Bonchev–Trinajstić information content (AvgIpc) is 3.46. The number of Topliss-reactive ketones (excluding diaryl/α,β-unsaturated/α-hetero) is 1. The number of allylic oxidation sites excluding steroid dienone is 1. The molecule has 6 nitrogen and oxygen atoms in total. The van der Waals surface area contributed by atoms with Crippen molar-refractivity contribution in [3.05, 3.63) is 75.2 Å². The summed E-state index contributed by atoms with van der Waals surface area (Å²) in [7, 11) is 0. The highest BCUT2D eigenvalue weighted by molar-refractivity contribution is 7.10. The highest BCUT2D eigenvalue weighted by Crippen LogP contribution is 2.40. The minimum absolute atomic E-state index is 0.184. The topological polar surface area (TPSA) is 71.1 Å². The molecule has 0 saturated heterocycles. The van der Waals surface area contributed by atoms with E-state index in [2.05, 4.69) is 0 Å². The van der Waals surface area contributed by atoms with Crippen LogP contribution in [0.25, 0.3) is 6.08 Å². The van der Waals surface area contributed by atoms with Crippen molar-refractivity contribution in [2.45, 2.75) is 13.3 Å². The molecule has 0 saturated carbocycles. The number of hydrogen-bond donors (Lipinski definition) is 0. The molecule has 5 rings (SSSR count). The highest BCUT2D eigenvalue weighted by Gasteiger charge is 2.30. The van der Waals surface area contributed by atoms with Crippen molar-refractivity contribution >= 4 is 29.2 Å². The Bertz CT molecular complexity index is 1190. The van der Waals surface area contributed by atoms with Gasteiger partial charge in [-0.15, -0.1) is 11.3 Å². The molecule has 0 bridgehead atoms. The Labute approximate surface area is 176 Å². The molecular weight excluding hydrogens is 404 g/mol. The third-order valence-corrected chi connectivity index (χ3v) is 5.73. The van der Waals surface area contributed by atoms with Crippen LogP contribution in [0.2, 0.25) is 0 Å². The molecule has 0 unspecified atom stereocenters. The lowest BCUT2D eigenvalue weighted by molar-refractivity contribution is -0.133. The Kier molecular flexibility index (Phi) is 4.52. The number of carbonyl (C=O) groups excluding carboxylic acids is 2. The van der Waals surface area contributed by atoms with Gasteiger partial charge in [0, 0.05) is 10.4 Å². The van der Waals surface area contributed by atoms with E-state index in [0.717, 1.165) is 10.4 Å². The molecule has 0 aliphatic carbocycles. The standard InChI is InChI=1S/C23H16O6S/c1-13-17(28-21(24)11-15-3-2-8-30-15)7-5-16-22(25)20(29-23(13)16)10-14-4-6-18-19(9-14)27-12-26-18/h2-10H,11-12H2,1H3/b20-10-. The van der Waals surface area contributed by atoms with Crippen molar-refractivity contribution in [1.82, 2.24) is 0 Å². The van der Waals surface area contributed by atoms with Gasteiger partial charge in [-0.3, -0.25) is 9.59 Å². The molecule has 2 aliphatic rings. The number of ketones is 1. The predicted octanol–water partition coefficient (Wildman–Crippen LogP) is 4.55. The van der Waals surface area contributed by atoms with E-state index in [1.54, 1.807) is 37.3 Å². The SMILES string of the molecule is Cc1c(OC(=O)Cc2cccs2)ccc2c1O/C(=C\c1ccc3c(c1)OCO3)C2=O. The molecule has 0 N–H and O–H groups in total. The summed E-state index contributed by atoms with van der Waals surface area (Å²) in [6.45, 7) is 1.95. The summed E-state index contributed by atoms with van der Waals surface area (Å²) in [5.74, 6) is 1.71. The first-order valence-electron chi connectivity index (χ1n) is 9.29. The van der Waals surface area contributed by atoms with Crippen LogP contribution in [-0.2, 0) is 11.2 Å². The molecule has 2 aliphatic heterocycles. The van der Waals surface area contributed by atoms with Crippen molar-refractivity contribution in [3.8, 4) is 23.0 Å². The number of benzene rings is 2. The second kappa shape index (κ2) is 7.35. The molecule has 3 heterocycles. The van der Waals surface area contributed by atoms with E-state index in [-0.39, 0.29) is 30.7 Å². The van der Waals surface area contributed by atoms with Crippen molar-refractivity contribution in [3.63, 3.8) is 0 Å². The summed E-state index contributed by atoms with van der Waals surface area (Å²) < 4.78 is 22.0. The Balaban J connectivity index is 1.38. The van der Waals surface area contributed by atoms with E-state index in [1.165, 1.54) is 11.3 Å². The quantitative estimate of drug-likeness (QED) is 0.350. The number of thiophene rings is 1. The Morgan fingerprint density at radius 3 is 2.87 bits per heavy atom. The molecule has 0 spiro atoms. The lowest BCUT2D eigenvalue weighted by atomic mass is 10.1. The fourth-order valence-electron chi connectivity index (χ4n) is 3.35. The van der Waals surface area contributed by atoms with Crippen LogP contribution in [0.4, 0.5) is 0 Å². The number of hydrogen-bond acceptors (Lipinski definition) is 7. The third kappa shape index (κ3) is 3.33. The van der Waals surface area contributed by atoms with E-state index in [0.29, 0.717) is 34.1 Å². The van der Waals surface area contributed by atoms with Crippen molar-refractivity contribution in [2.75, 3.05) is 6.79 Å². The summed E-state index contributed by atoms with van der Waals surface area (Å²) in [6.07, 6.45) is 1.86. The number of esters is 1. The number of rotatable bonds is 4. The first kappa shape index (κ1) is 18.4. The van der Waals surface area contributed by atoms with Gasteiger partial charge in [0.05, 0.1) is 12.0 Å². The first-order valence-corrected chi connectivity index (χ1v) is 10.2. The maximum atomic E-state index is 12.8. The predicted molar refractivity (Wildman–Crippen MR) is 110 cm³/mol. The second-order valence-corrected chi connectivity index (χ2v) is 7.88. The molecule has 0 amide bonds. The molecule has 3 aromatic rings. The minimum atomic E-state index is -0.360. The molecule has 0 atom stereocenters. The molecule has 7 heteroatoms. The maximum absolute atomic E-state index is 12.8. The van der Waals surface area contributed by atoms with E-state index >= 15 is 0 Å². The van der Waals surface area contributed by atoms with Crippen LogP contribution in [0, 0.1) is 6.92 Å². The number of fused-ring (bicyclic) bond motifs is 2. The lowest BCUT2D eigenvalue weighted by Gasteiger charge is -2.09. The van der Waals surface area contributed by atoms with Crippen molar-refractivity contribution in [2.24, 2.45) is 0 Å². The second-order valence-electron chi connectivity index (χ2n) is 6.85. The summed E-state index contributed by atoms with van der Waals surface area (Å²) in [5.41, 5.74) is 1.81. The fourth-order valence-corrected chi connectivity index (χ4v) is 4.04. The zero-order valence-electron chi connectivity index (χ0n) is 16.0. The number of carbonyl (C=O) groups is 2. The Hall–Kier alpha value is -3.58. The van der Waals surface area contributed by atoms with Crippen LogP contribution in [0.3, 0.4) is 0 Å².